The highest BCUT2D eigenvalue weighted by molar-refractivity contribution is 6.09. The fraction of sp³-hybridized carbons (Fsp3) is 0.0303. The number of hydrogen-bond acceptors (Lipinski definition) is 7. The van der Waals surface area contributed by atoms with Crippen LogP contribution in [0.3, 0.4) is 0 Å². The lowest BCUT2D eigenvalue weighted by Crippen LogP contribution is -2.23. The van der Waals surface area contributed by atoms with E-state index >= 15 is 0 Å². The van der Waals surface area contributed by atoms with Gasteiger partial charge in [0.15, 0.2) is 0 Å². The molecule has 6 aromatic carbocycles. The summed E-state index contributed by atoms with van der Waals surface area (Å²) >= 11 is 0. The maximum absolute atomic E-state index is 9.67. The van der Waals surface area contributed by atoms with Crippen LogP contribution in [0.1, 0.15) is 11.7 Å². The van der Waals surface area contributed by atoms with Gasteiger partial charge >= 0.3 is 0 Å². The number of phenols is 1. The third-order valence-corrected chi connectivity index (χ3v) is 7.02. The van der Waals surface area contributed by atoms with Gasteiger partial charge in [0, 0.05) is 32.9 Å². The molecule has 0 fully saturated rings. The first-order valence-electron chi connectivity index (χ1n) is 13.0. The van der Waals surface area contributed by atoms with Crippen molar-refractivity contribution in [1.82, 2.24) is 0 Å². The van der Waals surface area contributed by atoms with Gasteiger partial charge in [-0.2, -0.15) is 5.11 Å². The number of phenolic OH excluding ortho intramolecular Hbond substituents is 1. The number of nitrogens with zero attached hydrogens (tertiary/aromatic N) is 4. The van der Waals surface area contributed by atoms with Crippen molar-refractivity contribution in [2.75, 3.05) is 10.6 Å². The second kappa shape index (κ2) is 9.96. The van der Waals surface area contributed by atoms with Gasteiger partial charge in [0.25, 0.3) is 0 Å². The Balaban J connectivity index is 1.22. The van der Waals surface area contributed by atoms with Crippen LogP contribution < -0.4 is 10.6 Å². The van der Waals surface area contributed by atoms with E-state index in [4.69, 9.17) is 5.11 Å². The average molecular weight is 521 g/mol. The maximum atomic E-state index is 9.67. The van der Waals surface area contributed by atoms with Gasteiger partial charge in [0.2, 0.25) is 0 Å². The van der Waals surface area contributed by atoms with Gasteiger partial charge in [-0.05, 0) is 60.2 Å². The number of fused-ring (bicyclic) bond motifs is 1. The van der Waals surface area contributed by atoms with E-state index in [0.29, 0.717) is 0 Å². The minimum Gasteiger partial charge on any atom is -0.508 e. The van der Waals surface area contributed by atoms with Crippen molar-refractivity contribution in [3.05, 3.63) is 127 Å². The zero-order valence-electron chi connectivity index (χ0n) is 21.4. The van der Waals surface area contributed by atoms with E-state index in [0.717, 1.165) is 61.2 Å². The largest absolute Gasteiger partial charge is 0.508 e. The van der Waals surface area contributed by atoms with Crippen molar-refractivity contribution >= 4 is 55.7 Å². The number of benzene rings is 6. The molecule has 0 saturated heterocycles. The molecular weight excluding hydrogens is 496 g/mol. The number of aromatic hydroxyl groups is 1. The Morgan fingerprint density at radius 2 is 1.02 bits per heavy atom. The van der Waals surface area contributed by atoms with Gasteiger partial charge in [0.1, 0.15) is 11.9 Å². The molecule has 0 spiro atoms. The minimum atomic E-state index is -0.116. The predicted octanol–water partition coefficient (Wildman–Crippen LogP) is 10.1. The van der Waals surface area contributed by atoms with Crippen molar-refractivity contribution in [2.24, 2.45) is 20.5 Å². The van der Waals surface area contributed by atoms with E-state index in [-0.39, 0.29) is 11.9 Å². The molecule has 0 amide bonds. The predicted molar refractivity (Wildman–Crippen MR) is 161 cm³/mol. The fourth-order valence-electron chi connectivity index (χ4n) is 5.06. The summed E-state index contributed by atoms with van der Waals surface area (Å²) in [5.74, 6) is 0.246. The first-order chi connectivity index (χ1) is 19.7. The van der Waals surface area contributed by atoms with Crippen LogP contribution in [0.15, 0.2) is 142 Å². The lowest BCUT2D eigenvalue weighted by molar-refractivity contribution is 0.475. The SMILES string of the molecule is Oc1ccc(C2Nc3cccc4c(N=Nc5ccc(N=Nc6ccccc6)c6ccccc56)ccc(c34)N2)cc1. The molecule has 7 nitrogen and oxygen atoms in total. The standard InChI is InChI=1S/C33H24N6O/c40-23-15-13-21(14-16-23)33-34-30-12-6-11-26-29(19-20-31(35-33)32(26)30)39-38-28-18-17-27(24-9-4-5-10-25(24)28)37-36-22-7-2-1-3-8-22/h1-20,33-35,40H. The van der Waals surface area contributed by atoms with Crippen LogP contribution in [0.4, 0.5) is 34.1 Å². The van der Waals surface area contributed by atoms with E-state index in [9.17, 15) is 5.11 Å². The van der Waals surface area contributed by atoms with Crippen LogP contribution in [0.2, 0.25) is 0 Å². The summed E-state index contributed by atoms with van der Waals surface area (Å²) in [6.07, 6.45) is -0.116. The van der Waals surface area contributed by atoms with Crippen LogP contribution in [0.25, 0.3) is 21.5 Å². The quantitative estimate of drug-likeness (QED) is 0.197. The molecule has 0 bridgehead atoms. The molecule has 1 aliphatic heterocycles. The summed E-state index contributed by atoms with van der Waals surface area (Å²) in [5, 5.41) is 39.0. The fourth-order valence-corrected chi connectivity index (χ4v) is 5.06. The third kappa shape index (κ3) is 4.39. The Kier molecular flexibility index (Phi) is 5.86. The van der Waals surface area contributed by atoms with E-state index in [1.807, 2.05) is 97.1 Å². The number of anilines is 2. The van der Waals surface area contributed by atoms with Crippen LogP contribution in [-0.4, -0.2) is 5.11 Å². The van der Waals surface area contributed by atoms with Gasteiger partial charge < -0.3 is 15.7 Å². The van der Waals surface area contributed by atoms with E-state index in [1.165, 1.54) is 0 Å². The summed E-state index contributed by atoms with van der Waals surface area (Å²) in [7, 11) is 0. The van der Waals surface area contributed by atoms with Crippen LogP contribution in [-0.2, 0) is 0 Å². The zero-order chi connectivity index (χ0) is 26.9. The zero-order valence-corrected chi connectivity index (χ0v) is 21.4. The highest BCUT2D eigenvalue weighted by Gasteiger charge is 2.21. The molecule has 6 aromatic rings. The van der Waals surface area contributed by atoms with Gasteiger partial charge in [-0.3, -0.25) is 0 Å². The number of azo groups is 2. The molecule has 40 heavy (non-hydrogen) atoms. The van der Waals surface area contributed by atoms with E-state index < -0.39 is 0 Å². The summed E-state index contributed by atoms with van der Waals surface area (Å²) in [6.45, 7) is 0. The second-order valence-corrected chi connectivity index (χ2v) is 9.56. The molecule has 0 saturated carbocycles. The summed E-state index contributed by atoms with van der Waals surface area (Å²) in [5.41, 5.74) is 6.18. The van der Waals surface area contributed by atoms with E-state index in [1.54, 1.807) is 12.1 Å². The summed E-state index contributed by atoms with van der Waals surface area (Å²) in [4.78, 5) is 0. The molecule has 1 atom stereocenters. The van der Waals surface area contributed by atoms with Crippen LogP contribution in [0.5, 0.6) is 5.75 Å². The Morgan fingerprint density at radius 3 is 1.73 bits per heavy atom. The third-order valence-electron chi connectivity index (χ3n) is 7.02. The monoisotopic (exact) mass is 520 g/mol. The van der Waals surface area contributed by atoms with Crippen LogP contribution in [0, 0.1) is 0 Å². The second-order valence-electron chi connectivity index (χ2n) is 9.56. The van der Waals surface area contributed by atoms with Crippen molar-refractivity contribution in [3.63, 3.8) is 0 Å². The molecule has 192 valence electrons. The van der Waals surface area contributed by atoms with Gasteiger partial charge in [-0.25, -0.2) is 0 Å². The first-order valence-corrected chi connectivity index (χ1v) is 13.0. The Hall–Kier alpha value is -5.56. The van der Waals surface area contributed by atoms with Crippen molar-refractivity contribution in [1.29, 1.82) is 0 Å². The normalized spacial score (nSPS) is 14.6. The van der Waals surface area contributed by atoms with Gasteiger partial charge in [0.05, 0.1) is 22.7 Å². The summed E-state index contributed by atoms with van der Waals surface area (Å²) in [6, 6.07) is 39.0. The van der Waals surface area contributed by atoms with Gasteiger partial charge in [-0.1, -0.05) is 66.7 Å². The molecule has 1 aliphatic rings. The van der Waals surface area contributed by atoms with Gasteiger partial charge in [-0.15, -0.1) is 15.3 Å². The lowest BCUT2D eigenvalue weighted by Gasteiger charge is -2.30. The number of hydrogen-bond donors (Lipinski definition) is 3. The van der Waals surface area contributed by atoms with Crippen molar-refractivity contribution < 1.29 is 5.11 Å². The molecule has 0 aromatic heterocycles. The Bertz CT molecular complexity index is 1900. The molecule has 7 heteroatoms. The van der Waals surface area contributed by atoms with Crippen molar-refractivity contribution in [3.8, 4) is 5.75 Å². The maximum Gasteiger partial charge on any atom is 0.123 e. The molecule has 0 radical (unpaired) electrons. The molecule has 1 heterocycles. The highest BCUT2D eigenvalue weighted by atomic mass is 16.3. The Labute approximate surface area is 230 Å². The minimum absolute atomic E-state index is 0.116. The molecular formula is C33H24N6O. The van der Waals surface area contributed by atoms with E-state index in [2.05, 4.69) is 38.1 Å². The highest BCUT2D eigenvalue weighted by Crippen LogP contribution is 2.43. The van der Waals surface area contributed by atoms with Crippen molar-refractivity contribution in [2.45, 2.75) is 6.17 Å². The van der Waals surface area contributed by atoms with Crippen LogP contribution >= 0.6 is 0 Å². The topological polar surface area (TPSA) is 93.7 Å². The number of nitrogens with one attached hydrogen (secondary N) is 2. The number of rotatable bonds is 5. The Morgan fingerprint density at radius 1 is 0.475 bits per heavy atom. The molecule has 3 N–H and O–H groups in total. The lowest BCUT2D eigenvalue weighted by atomic mass is 10.0. The molecule has 1 unspecified atom stereocenters. The molecule has 7 rings (SSSR count). The molecule has 0 aliphatic carbocycles. The smallest absolute Gasteiger partial charge is 0.123 e. The average Bonchev–Trinajstić information content (AvgIpc) is 3.01. The first kappa shape index (κ1) is 23.5. The summed E-state index contributed by atoms with van der Waals surface area (Å²) < 4.78 is 0.